The largest absolute Gasteiger partial charge is 0.497 e. The molecule has 0 atom stereocenters. The van der Waals surface area contributed by atoms with E-state index in [1.54, 1.807) is 25.3 Å². The van der Waals surface area contributed by atoms with Gasteiger partial charge in [-0.05, 0) is 23.8 Å². The molecular weight excluding hydrogens is 294 g/mol. The zero-order valence-corrected chi connectivity index (χ0v) is 12.5. The van der Waals surface area contributed by atoms with Crippen molar-refractivity contribution in [2.75, 3.05) is 12.4 Å². The molecule has 1 aliphatic heterocycles. The molecule has 1 aliphatic rings. The van der Waals surface area contributed by atoms with E-state index in [2.05, 4.69) is 5.32 Å². The van der Waals surface area contributed by atoms with Gasteiger partial charge in [0.05, 0.1) is 12.7 Å². The van der Waals surface area contributed by atoms with Crippen LogP contribution in [0.25, 0.3) is 5.57 Å². The van der Waals surface area contributed by atoms with Gasteiger partial charge in [0.2, 0.25) is 0 Å². The van der Waals surface area contributed by atoms with Gasteiger partial charge in [0, 0.05) is 17.3 Å². The van der Waals surface area contributed by atoms with Gasteiger partial charge in [0.15, 0.2) is 0 Å². The molecule has 0 bridgehead atoms. The second kappa shape index (κ2) is 6.36. The fraction of sp³-hybridized carbons (Fsp3) is 0.111. The van der Waals surface area contributed by atoms with Crippen LogP contribution < -0.4 is 10.1 Å². The minimum Gasteiger partial charge on any atom is -0.497 e. The third-order valence-corrected chi connectivity index (χ3v) is 3.50. The number of fused-ring (bicyclic) bond motifs is 1. The fourth-order valence-electron chi connectivity index (χ4n) is 2.33. The first kappa shape index (κ1) is 14.8. The zero-order chi connectivity index (χ0) is 16.2. The number of benzene rings is 2. The molecule has 0 saturated heterocycles. The molecule has 0 saturated carbocycles. The van der Waals surface area contributed by atoms with Crippen LogP contribution >= 0.6 is 0 Å². The number of carbonyl (C=O) groups is 2. The normalized spacial score (nSPS) is 14.3. The van der Waals surface area contributed by atoms with Crippen molar-refractivity contribution in [3.63, 3.8) is 0 Å². The Labute approximate surface area is 133 Å². The number of hydrogen-bond acceptors (Lipinski definition) is 4. The van der Waals surface area contributed by atoms with Gasteiger partial charge in [-0.15, -0.1) is 0 Å². The van der Waals surface area contributed by atoms with E-state index in [-0.39, 0.29) is 18.1 Å². The quantitative estimate of drug-likeness (QED) is 0.697. The van der Waals surface area contributed by atoms with Crippen LogP contribution in [0.3, 0.4) is 0 Å². The van der Waals surface area contributed by atoms with Crippen molar-refractivity contribution in [2.24, 2.45) is 0 Å². The lowest BCUT2D eigenvalue weighted by Gasteiger charge is -2.04. The lowest BCUT2D eigenvalue weighted by molar-refractivity contribution is -0.139. The van der Waals surface area contributed by atoms with Crippen molar-refractivity contribution >= 4 is 23.1 Å². The maximum Gasteiger partial charge on any atom is 0.331 e. The summed E-state index contributed by atoms with van der Waals surface area (Å²) in [5.41, 5.74) is 2.44. The average molecular weight is 309 g/mol. The zero-order valence-electron chi connectivity index (χ0n) is 12.5. The highest BCUT2D eigenvalue weighted by atomic mass is 16.5. The van der Waals surface area contributed by atoms with Crippen LogP contribution in [-0.2, 0) is 20.9 Å². The first-order valence-electron chi connectivity index (χ1n) is 7.09. The molecule has 0 fully saturated rings. The molecule has 116 valence electrons. The third-order valence-electron chi connectivity index (χ3n) is 3.50. The van der Waals surface area contributed by atoms with Crippen molar-refractivity contribution in [3.8, 4) is 5.75 Å². The van der Waals surface area contributed by atoms with E-state index in [9.17, 15) is 9.59 Å². The number of methoxy groups -OCH3 is 1. The molecular formula is C18H15NO4. The van der Waals surface area contributed by atoms with Crippen LogP contribution in [0.4, 0.5) is 5.69 Å². The molecule has 2 aromatic rings. The average Bonchev–Trinajstić information content (AvgIpc) is 2.89. The molecule has 1 amide bonds. The number of amides is 1. The van der Waals surface area contributed by atoms with Gasteiger partial charge >= 0.3 is 5.97 Å². The number of ether oxygens (including phenoxy) is 2. The van der Waals surface area contributed by atoms with Crippen molar-refractivity contribution < 1.29 is 19.1 Å². The lowest BCUT2D eigenvalue weighted by atomic mass is 10.1. The summed E-state index contributed by atoms with van der Waals surface area (Å²) in [6, 6.07) is 14.6. The molecule has 0 unspecified atom stereocenters. The second-order valence-electron chi connectivity index (χ2n) is 5.02. The minimum atomic E-state index is -0.560. The summed E-state index contributed by atoms with van der Waals surface area (Å²) in [5, 5.41) is 2.71. The number of esters is 1. The van der Waals surface area contributed by atoms with Gasteiger partial charge in [-0.3, -0.25) is 4.79 Å². The highest BCUT2D eigenvalue weighted by Gasteiger charge is 2.25. The van der Waals surface area contributed by atoms with E-state index in [0.29, 0.717) is 17.0 Å². The Kier molecular flexibility index (Phi) is 4.10. The van der Waals surface area contributed by atoms with Gasteiger partial charge in [-0.2, -0.15) is 0 Å². The molecule has 1 N–H and O–H groups in total. The van der Waals surface area contributed by atoms with E-state index in [0.717, 1.165) is 5.56 Å². The standard InChI is InChI=1S/C18H15NO4/c1-22-13-7-8-16-14(9-13)15(18(21)19-16)10-17(20)23-11-12-5-3-2-4-6-12/h2-10H,11H2,1H3,(H,19,21)/b15-10+. The first-order valence-corrected chi connectivity index (χ1v) is 7.09. The number of rotatable bonds is 4. The Morgan fingerprint density at radius 3 is 2.70 bits per heavy atom. The molecule has 1 heterocycles. The third kappa shape index (κ3) is 3.23. The summed E-state index contributed by atoms with van der Waals surface area (Å²) in [4.78, 5) is 24.0. The number of carbonyl (C=O) groups excluding carboxylic acids is 2. The van der Waals surface area contributed by atoms with Crippen molar-refractivity contribution in [3.05, 3.63) is 65.7 Å². The van der Waals surface area contributed by atoms with Crippen LogP contribution in [0.5, 0.6) is 5.75 Å². The summed E-state index contributed by atoms with van der Waals surface area (Å²) in [6.45, 7) is 0.163. The predicted molar refractivity (Wildman–Crippen MR) is 85.8 cm³/mol. The van der Waals surface area contributed by atoms with Crippen LogP contribution in [-0.4, -0.2) is 19.0 Å². The Balaban J connectivity index is 1.77. The Hall–Kier alpha value is -3.08. The van der Waals surface area contributed by atoms with Crippen LogP contribution in [0, 0.1) is 0 Å². The van der Waals surface area contributed by atoms with Crippen molar-refractivity contribution in [1.29, 1.82) is 0 Å². The molecule has 0 aliphatic carbocycles. The van der Waals surface area contributed by atoms with Gasteiger partial charge in [-0.1, -0.05) is 30.3 Å². The summed E-state index contributed by atoms with van der Waals surface area (Å²) < 4.78 is 10.3. The second-order valence-corrected chi connectivity index (χ2v) is 5.02. The molecule has 5 heteroatoms. The van der Waals surface area contributed by atoms with Crippen LogP contribution in [0.15, 0.2) is 54.6 Å². The van der Waals surface area contributed by atoms with Crippen molar-refractivity contribution in [1.82, 2.24) is 0 Å². The van der Waals surface area contributed by atoms with Gasteiger partial charge in [0.1, 0.15) is 12.4 Å². The molecule has 0 radical (unpaired) electrons. The topological polar surface area (TPSA) is 64.6 Å². The molecule has 3 rings (SSSR count). The highest BCUT2D eigenvalue weighted by molar-refractivity contribution is 6.33. The molecule has 23 heavy (non-hydrogen) atoms. The molecule has 2 aromatic carbocycles. The molecule has 0 spiro atoms. The Morgan fingerprint density at radius 1 is 1.17 bits per heavy atom. The predicted octanol–water partition coefficient (Wildman–Crippen LogP) is 2.77. The van der Waals surface area contributed by atoms with E-state index in [1.165, 1.54) is 6.08 Å². The van der Waals surface area contributed by atoms with E-state index >= 15 is 0 Å². The summed E-state index contributed by atoms with van der Waals surface area (Å²) in [5.74, 6) is -0.275. The van der Waals surface area contributed by atoms with Crippen LogP contribution in [0.2, 0.25) is 0 Å². The maximum atomic E-state index is 12.0. The highest BCUT2D eigenvalue weighted by Crippen LogP contribution is 2.34. The molecule has 0 aromatic heterocycles. The lowest BCUT2D eigenvalue weighted by Crippen LogP contribution is -2.07. The van der Waals surface area contributed by atoms with E-state index in [1.807, 2.05) is 30.3 Å². The Bertz CT molecular complexity index is 781. The van der Waals surface area contributed by atoms with Crippen LogP contribution in [0.1, 0.15) is 11.1 Å². The SMILES string of the molecule is COc1ccc2c(c1)/C(=C\C(=O)OCc1ccccc1)C(=O)N2. The van der Waals surface area contributed by atoms with E-state index < -0.39 is 5.97 Å². The smallest absolute Gasteiger partial charge is 0.331 e. The fourth-order valence-corrected chi connectivity index (χ4v) is 2.33. The van der Waals surface area contributed by atoms with Gasteiger partial charge < -0.3 is 14.8 Å². The van der Waals surface area contributed by atoms with E-state index in [4.69, 9.17) is 9.47 Å². The van der Waals surface area contributed by atoms with Gasteiger partial charge in [-0.25, -0.2) is 4.79 Å². The van der Waals surface area contributed by atoms with Gasteiger partial charge in [0.25, 0.3) is 5.91 Å². The number of anilines is 1. The summed E-state index contributed by atoms with van der Waals surface area (Å²) >= 11 is 0. The number of hydrogen-bond donors (Lipinski definition) is 1. The maximum absolute atomic E-state index is 12.0. The Morgan fingerprint density at radius 2 is 1.96 bits per heavy atom. The summed E-state index contributed by atoms with van der Waals surface area (Å²) in [7, 11) is 1.55. The minimum absolute atomic E-state index is 0.163. The van der Waals surface area contributed by atoms with Crippen molar-refractivity contribution in [2.45, 2.75) is 6.61 Å². The monoisotopic (exact) mass is 309 g/mol. The first-order chi connectivity index (χ1) is 11.2. The molecule has 5 nitrogen and oxygen atoms in total. The summed E-state index contributed by atoms with van der Waals surface area (Å²) in [6.07, 6.45) is 1.21. The number of nitrogens with one attached hydrogen (secondary N) is 1.